The molecule has 0 aliphatic rings. The monoisotopic (exact) mass is 395 g/mol. The second kappa shape index (κ2) is 9.08. The van der Waals surface area contributed by atoms with Gasteiger partial charge in [-0.25, -0.2) is 0 Å². The topological polar surface area (TPSA) is 38.8 Å². The Kier molecular flexibility index (Phi) is 7.07. The average molecular weight is 395 g/mol. The van der Waals surface area contributed by atoms with E-state index in [0.717, 1.165) is 16.2 Å². The first kappa shape index (κ1) is 21.0. The first-order chi connectivity index (χ1) is 12.8. The highest BCUT2D eigenvalue weighted by Crippen LogP contribution is 2.29. The Balaban J connectivity index is 2.20. The lowest BCUT2D eigenvalue weighted by atomic mass is 10.0. The Morgan fingerprint density at radius 1 is 1.19 bits per heavy atom. The number of carbonyl (C=O) groups excluding carboxylic acids is 1. The molecule has 146 valence electrons. The van der Waals surface area contributed by atoms with Crippen LogP contribution in [0.2, 0.25) is 0 Å². The molecule has 2 aromatic carbocycles. The summed E-state index contributed by atoms with van der Waals surface area (Å²) in [7, 11) is 3.31. The van der Waals surface area contributed by atoms with Gasteiger partial charge in [-0.1, -0.05) is 6.07 Å². The molecule has 1 amide bonds. The Morgan fingerprint density at radius 2 is 1.81 bits per heavy atom. The molecule has 0 fully saturated rings. The summed E-state index contributed by atoms with van der Waals surface area (Å²) in [4.78, 5) is 15.4. The van der Waals surface area contributed by atoms with Gasteiger partial charge in [-0.05, 0) is 61.1 Å². The van der Waals surface area contributed by atoms with Gasteiger partial charge in [0.25, 0.3) is 5.91 Å². The fourth-order valence-corrected chi connectivity index (χ4v) is 3.44. The summed E-state index contributed by atoms with van der Waals surface area (Å²) in [5, 5.41) is 0. The van der Waals surface area contributed by atoms with Gasteiger partial charge in [0.2, 0.25) is 0 Å². The van der Waals surface area contributed by atoms with E-state index in [9.17, 15) is 13.6 Å². The molecule has 0 spiro atoms. The highest BCUT2D eigenvalue weighted by Gasteiger charge is 2.18. The first-order valence-corrected chi connectivity index (χ1v) is 9.51. The van der Waals surface area contributed by atoms with E-state index in [-0.39, 0.29) is 11.7 Å². The number of aryl methyl sites for hydroxylation is 2. The van der Waals surface area contributed by atoms with Gasteiger partial charge in [-0.2, -0.15) is 8.78 Å². The summed E-state index contributed by atoms with van der Waals surface area (Å²) in [6, 6.07) is 8.96. The molecule has 0 bridgehead atoms. The minimum absolute atomic E-state index is 0.113. The lowest BCUT2D eigenvalue weighted by Gasteiger charge is -2.20. The smallest absolute Gasteiger partial charge is 0.387 e. The largest absolute Gasteiger partial charge is 0.496 e. The van der Waals surface area contributed by atoms with Crippen LogP contribution in [-0.4, -0.2) is 37.8 Å². The van der Waals surface area contributed by atoms with E-state index in [2.05, 4.69) is 4.74 Å². The fraction of sp³-hybridized carbons (Fsp3) is 0.350. The number of rotatable bonds is 7. The van der Waals surface area contributed by atoms with Crippen LogP contribution < -0.4 is 9.47 Å². The molecule has 0 atom stereocenters. The summed E-state index contributed by atoms with van der Waals surface area (Å²) in [6.07, 6.45) is 1.97. The number of halogens is 2. The number of amides is 1. The van der Waals surface area contributed by atoms with Gasteiger partial charge >= 0.3 is 6.61 Å². The molecule has 0 aliphatic heterocycles. The Labute approximate surface area is 162 Å². The highest BCUT2D eigenvalue weighted by atomic mass is 32.2. The molecular formula is C20H23F2NO3S. The second-order valence-corrected chi connectivity index (χ2v) is 7.02. The first-order valence-electron chi connectivity index (χ1n) is 8.29. The van der Waals surface area contributed by atoms with Gasteiger partial charge in [0.1, 0.15) is 11.5 Å². The standard InChI is InChI=1S/C20H23F2NO3S/c1-12-8-15(9-13(2)18(12)26-20(21)22)19(24)23(3)11-14-6-7-17(27-5)16(10-14)25-4/h6-10,20H,11H2,1-5H3. The van der Waals surface area contributed by atoms with E-state index in [4.69, 9.17) is 4.74 Å². The van der Waals surface area contributed by atoms with Crippen LogP contribution in [0.25, 0.3) is 0 Å². The van der Waals surface area contributed by atoms with E-state index < -0.39 is 6.61 Å². The van der Waals surface area contributed by atoms with Gasteiger partial charge in [-0.15, -0.1) is 11.8 Å². The van der Waals surface area contributed by atoms with Crippen LogP contribution in [0.1, 0.15) is 27.0 Å². The third kappa shape index (κ3) is 5.13. The number of ether oxygens (including phenoxy) is 2. The Bertz CT molecular complexity index is 804. The van der Waals surface area contributed by atoms with Crippen molar-refractivity contribution in [3.8, 4) is 11.5 Å². The summed E-state index contributed by atoms with van der Waals surface area (Å²) < 4.78 is 35.0. The molecule has 0 saturated heterocycles. The molecule has 0 unspecified atom stereocenters. The van der Waals surface area contributed by atoms with E-state index in [1.807, 2.05) is 24.5 Å². The Morgan fingerprint density at radius 3 is 2.33 bits per heavy atom. The number of hydrogen-bond donors (Lipinski definition) is 0. The van der Waals surface area contributed by atoms with Crippen LogP contribution in [0, 0.1) is 13.8 Å². The molecule has 0 aromatic heterocycles. The number of carbonyl (C=O) groups is 1. The van der Waals surface area contributed by atoms with Gasteiger partial charge < -0.3 is 14.4 Å². The van der Waals surface area contributed by atoms with Crippen LogP contribution in [0.15, 0.2) is 35.2 Å². The van der Waals surface area contributed by atoms with Crippen molar-refractivity contribution < 1.29 is 23.0 Å². The second-order valence-electron chi connectivity index (χ2n) is 6.17. The summed E-state index contributed by atoms with van der Waals surface area (Å²) in [6.45, 7) is 0.795. The number of alkyl halides is 2. The van der Waals surface area contributed by atoms with E-state index in [0.29, 0.717) is 23.2 Å². The van der Waals surface area contributed by atoms with E-state index in [1.54, 1.807) is 56.8 Å². The molecule has 0 aliphatic carbocycles. The number of thioether (sulfide) groups is 1. The summed E-state index contributed by atoms with van der Waals surface area (Å²) in [5.41, 5.74) is 2.37. The van der Waals surface area contributed by atoms with E-state index in [1.165, 1.54) is 0 Å². The molecule has 27 heavy (non-hydrogen) atoms. The lowest BCUT2D eigenvalue weighted by molar-refractivity contribution is -0.0507. The molecule has 0 saturated carbocycles. The van der Waals surface area contributed by atoms with Crippen molar-refractivity contribution in [3.63, 3.8) is 0 Å². The zero-order chi connectivity index (χ0) is 20.1. The van der Waals surface area contributed by atoms with Crippen molar-refractivity contribution in [2.75, 3.05) is 20.4 Å². The van der Waals surface area contributed by atoms with Crippen LogP contribution >= 0.6 is 11.8 Å². The van der Waals surface area contributed by atoms with E-state index >= 15 is 0 Å². The minimum Gasteiger partial charge on any atom is -0.496 e. The SMILES string of the molecule is COc1cc(CN(C)C(=O)c2cc(C)c(OC(F)F)c(C)c2)ccc1SC. The van der Waals surface area contributed by atoms with Crippen LogP contribution in [0.5, 0.6) is 11.5 Å². The molecule has 0 radical (unpaired) electrons. The van der Waals surface area contributed by atoms with Crippen molar-refractivity contribution in [1.82, 2.24) is 4.90 Å². The van der Waals surface area contributed by atoms with Crippen molar-refractivity contribution in [2.24, 2.45) is 0 Å². The lowest BCUT2D eigenvalue weighted by Crippen LogP contribution is -2.26. The van der Waals surface area contributed by atoms with Gasteiger partial charge in [-0.3, -0.25) is 4.79 Å². The predicted molar refractivity (Wildman–Crippen MR) is 103 cm³/mol. The summed E-state index contributed by atoms with van der Waals surface area (Å²) >= 11 is 1.59. The van der Waals surface area contributed by atoms with Crippen molar-refractivity contribution in [3.05, 3.63) is 52.6 Å². The van der Waals surface area contributed by atoms with Crippen LogP contribution in [0.4, 0.5) is 8.78 Å². The molecule has 2 aromatic rings. The zero-order valence-corrected chi connectivity index (χ0v) is 16.8. The highest BCUT2D eigenvalue weighted by molar-refractivity contribution is 7.98. The molecule has 2 rings (SSSR count). The van der Waals surface area contributed by atoms with Crippen LogP contribution in [-0.2, 0) is 6.54 Å². The Hall–Kier alpha value is -2.28. The molecular weight excluding hydrogens is 372 g/mol. The quantitative estimate of drug-likeness (QED) is 0.625. The van der Waals surface area contributed by atoms with Gasteiger partial charge in [0.15, 0.2) is 0 Å². The van der Waals surface area contributed by atoms with Crippen LogP contribution in [0.3, 0.4) is 0 Å². The molecule has 0 N–H and O–H groups in total. The van der Waals surface area contributed by atoms with Crippen molar-refractivity contribution in [2.45, 2.75) is 31.9 Å². The number of methoxy groups -OCH3 is 1. The third-order valence-corrected chi connectivity index (χ3v) is 4.91. The maximum absolute atomic E-state index is 12.8. The number of benzene rings is 2. The summed E-state index contributed by atoms with van der Waals surface area (Å²) in [5.74, 6) is 0.681. The van der Waals surface area contributed by atoms with Gasteiger partial charge in [0, 0.05) is 24.1 Å². The molecule has 7 heteroatoms. The number of nitrogens with zero attached hydrogens (tertiary/aromatic N) is 1. The minimum atomic E-state index is -2.90. The van der Waals surface area contributed by atoms with Crippen molar-refractivity contribution in [1.29, 1.82) is 0 Å². The third-order valence-electron chi connectivity index (χ3n) is 4.13. The maximum Gasteiger partial charge on any atom is 0.387 e. The van der Waals surface area contributed by atoms with Gasteiger partial charge in [0.05, 0.1) is 7.11 Å². The zero-order valence-electron chi connectivity index (χ0n) is 16.0. The average Bonchev–Trinajstić information content (AvgIpc) is 2.63. The fourth-order valence-electron chi connectivity index (χ4n) is 2.89. The molecule has 0 heterocycles. The molecule has 4 nitrogen and oxygen atoms in total. The maximum atomic E-state index is 12.8. The predicted octanol–water partition coefficient (Wildman–Crippen LogP) is 4.91. The normalized spacial score (nSPS) is 10.8. The van der Waals surface area contributed by atoms with Crippen molar-refractivity contribution >= 4 is 17.7 Å². The number of hydrogen-bond acceptors (Lipinski definition) is 4.